The summed E-state index contributed by atoms with van der Waals surface area (Å²) < 4.78 is 32.1. The number of hydrogen-bond donors (Lipinski definition) is 1. The van der Waals surface area contributed by atoms with Crippen LogP contribution >= 0.6 is 0 Å². The molecule has 2 aromatic heterocycles. The first-order valence-corrected chi connectivity index (χ1v) is 7.84. The van der Waals surface area contributed by atoms with Gasteiger partial charge in [0.05, 0.1) is 24.4 Å². The van der Waals surface area contributed by atoms with Crippen molar-refractivity contribution in [3.8, 4) is 11.3 Å². The SMILES string of the molecule is Nc1nc(N2CCOCC2)c2nc(-c3ccc(F)c(F)c3)ccc2n1. The number of pyridine rings is 1. The van der Waals surface area contributed by atoms with E-state index < -0.39 is 11.6 Å². The van der Waals surface area contributed by atoms with Crippen molar-refractivity contribution in [1.29, 1.82) is 0 Å². The number of nitrogens with two attached hydrogens (primary N) is 1. The molecule has 0 spiro atoms. The summed E-state index contributed by atoms with van der Waals surface area (Å²) in [6.07, 6.45) is 0. The molecule has 1 saturated heterocycles. The van der Waals surface area contributed by atoms with Crippen LogP contribution in [0.4, 0.5) is 20.5 Å². The molecule has 0 atom stereocenters. The van der Waals surface area contributed by atoms with E-state index in [4.69, 9.17) is 10.5 Å². The number of ether oxygens (including phenoxy) is 1. The number of fused-ring (bicyclic) bond motifs is 1. The Bertz CT molecular complexity index is 944. The van der Waals surface area contributed by atoms with E-state index in [2.05, 4.69) is 15.0 Å². The van der Waals surface area contributed by atoms with Crippen molar-refractivity contribution in [3.63, 3.8) is 0 Å². The predicted octanol–water partition coefficient (Wildman–Crippen LogP) is 2.39. The van der Waals surface area contributed by atoms with Gasteiger partial charge in [-0.2, -0.15) is 4.98 Å². The van der Waals surface area contributed by atoms with Crippen LogP contribution < -0.4 is 10.6 Å². The molecule has 3 heterocycles. The quantitative estimate of drug-likeness (QED) is 0.770. The van der Waals surface area contributed by atoms with Gasteiger partial charge in [0.1, 0.15) is 5.52 Å². The van der Waals surface area contributed by atoms with Gasteiger partial charge < -0.3 is 15.4 Å². The zero-order chi connectivity index (χ0) is 17.4. The fraction of sp³-hybridized carbons (Fsp3) is 0.235. The van der Waals surface area contributed by atoms with Crippen LogP contribution in [0.3, 0.4) is 0 Å². The summed E-state index contributed by atoms with van der Waals surface area (Å²) in [6.45, 7) is 2.52. The summed E-state index contributed by atoms with van der Waals surface area (Å²) in [5.41, 5.74) is 7.97. The van der Waals surface area contributed by atoms with E-state index in [1.807, 2.05) is 4.90 Å². The molecule has 25 heavy (non-hydrogen) atoms. The standard InChI is InChI=1S/C17H15F2N5O/c18-11-2-1-10(9-12(11)19)13-3-4-14-15(21-13)16(23-17(20)22-14)24-5-7-25-8-6-24/h1-4,9H,5-8H2,(H2,20,22,23). The van der Waals surface area contributed by atoms with Crippen LogP contribution in [0.15, 0.2) is 30.3 Å². The van der Waals surface area contributed by atoms with Gasteiger partial charge in [-0.05, 0) is 30.3 Å². The number of nitrogen functional groups attached to an aromatic ring is 1. The van der Waals surface area contributed by atoms with Crippen LogP contribution in [0.25, 0.3) is 22.3 Å². The second-order valence-corrected chi connectivity index (χ2v) is 5.70. The summed E-state index contributed by atoms with van der Waals surface area (Å²) in [6, 6.07) is 7.14. The number of halogens is 2. The second kappa shape index (κ2) is 6.21. The fourth-order valence-corrected chi connectivity index (χ4v) is 2.83. The van der Waals surface area contributed by atoms with Gasteiger partial charge in [0, 0.05) is 18.7 Å². The Kier molecular flexibility index (Phi) is 3.89. The van der Waals surface area contributed by atoms with Gasteiger partial charge >= 0.3 is 0 Å². The minimum absolute atomic E-state index is 0.163. The third-order valence-electron chi connectivity index (χ3n) is 4.07. The fourth-order valence-electron chi connectivity index (χ4n) is 2.83. The highest BCUT2D eigenvalue weighted by Crippen LogP contribution is 2.27. The summed E-state index contributed by atoms with van der Waals surface area (Å²) in [5.74, 6) is -1.03. The Morgan fingerprint density at radius 2 is 1.76 bits per heavy atom. The Labute approximate surface area is 142 Å². The first kappa shape index (κ1) is 15.6. The number of nitrogens with zero attached hydrogens (tertiary/aromatic N) is 4. The number of rotatable bonds is 2. The molecule has 1 aliphatic heterocycles. The number of hydrogen-bond acceptors (Lipinski definition) is 6. The van der Waals surface area contributed by atoms with Crippen LogP contribution in [-0.2, 0) is 4.74 Å². The summed E-state index contributed by atoms with van der Waals surface area (Å²) >= 11 is 0. The smallest absolute Gasteiger partial charge is 0.222 e. The zero-order valence-electron chi connectivity index (χ0n) is 13.2. The second-order valence-electron chi connectivity index (χ2n) is 5.70. The molecule has 0 aliphatic carbocycles. The third-order valence-corrected chi connectivity index (χ3v) is 4.07. The van der Waals surface area contributed by atoms with Crippen molar-refractivity contribution >= 4 is 22.8 Å². The molecule has 8 heteroatoms. The van der Waals surface area contributed by atoms with E-state index >= 15 is 0 Å². The lowest BCUT2D eigenvalue weighted by atomic mass is 10.1. The highest BCUT2D eigenvalue weighted by atomic mass is 19.2. The van der Waals surface area contributed by atoms with Gasteiger partial charge in [0.2, 0.25) is 5.95 Å². The topological polar surface area (TPSA) is 77.2 Å². The maximum Gasteiger partial charge on any atom is 0.222 e. The maximum atomic E-state index is 13.5. The Hall–Kier alpha value is -2.87. The lowest BCUT2D eigenvalue weighted by Gasteiger charge is -2.28. The molecule has 1 aliphatic rings. The third kappa shape index (κ3) is 2.96. The normalized spacial score (nSPS) is 14.9. The van der Waals surface area contributed by atoms with Gasteiger partial charge in [-0.3, -0.25) is 0 Å². The number of benzene rings is 1. The van der Waals surface area contributed by atoms with Crippen LogP contribution in [-0.4, -0.2) is 41.3 Å². The van der Waals surface area contributed by atoms with Gasteiger partial charge in [0.15, 0.2) is 17.5 Å². The highest BCUT2D eigenvalue weighted by molar-refractivity contribution is 5.88. The van der Waals surface area contributed by atoms with E-state index in [1.54, 1.807) is 12.1 Å². The van der Waals surface area contributed by atoms with Crippen LogP contribution in [0.1, 0.15) is 0 Å². The lowest BCUT2D eigenvalue weighted by Crippen LogP contribution is -2.37. The molecule has 128 valence electrons. The summed E-state index contributed by atoms with van der Waals surface area (Å²) in [5, 5.41) is 0. The van der Waals surface area contributed by atoms with Crippen LogP contribution in [0.2, 0.25) is 0 Å². The molecule has 6 nitrogen and oxygen atoms in total. The van der Waals surface area contributed by atoms with Crippen molar-refractivity contribution in [1.82, 2.24) is 15.0 Å². The maximum absolute atomic E-state index is 13.5. The molecule has 1 aromatic carbocycles. The first-order valence-electron chi connectivity index (χ1n) is 7.84. The average Bonchev–Trinajstić information content (AvgIpc) is 2.63. The average molecular weight is 343 g/mol. The molecular formula is C17H15F2N5O. The van der Waals surface area contributed by atoms with Crippen LogP contribution in [0, 0.1) is 11.6 Å². The van der Waals surface area contributed by atoms with E-state index in [0.717, 1.165) is 12.1 Å². The van der Waals surface area contributed by atoms with Crippen molar-refractivity contribution in [2.45, 2.75) is 0 Å². The van der Waals surface area contributed by atoms with Gasteiger partial charge in [-0.15, -0.1) is 0 Å². The minimum atomic E-state index is -0.915. The van der Waals surface area contributed by atoms with Crippen molar-refractivity contribution < 1.29 is 13.5 Å². The molecule has 2 N–H and O–H groups in total. The van der Waals surface area contributed by atoms with Crippen molar-refractivity contribution in [3.05, 3.63) is 42.0 Å². The molecule has 0 saturated carbocycles. The van der Waals surface area contributed by atoms with E-state index in [-0.39, 0.29) is 5.95 Å². The van der Waals surface area contributed by atoms with E-state index in [1.165, 1.54) is 6.07 Å². The summed E-state index contributed by atoms with van der Waals surface area (Å²) in [4.78, 5) is 15.2. The van der Waals surface area contributed by atoms with Crippen molar-refractivity contribution in [2.75, 3.05) is 36.9 Å². The van der Waals surface area contributed by atoms with Gasteiger partial charge in [-0.25, -0.2) is 18.7 Å². The Morgan fingerprint density at radius 1 is 0.960 bits per heavy atom. The first-order chi connectivity index (χ1) is 12.1. The number of anilines is 2. The number of morpholine rings is 1. The molecule has 0 radical (unpaired) electrons. The zero-order valence-corrected chi connectivity index (χ0v) is 13.2. The molecule has 4 rings (SSSR count). The van der Waals surface area contributed by atoms with Gasteiger partial charge in [0.25, 0.3) is 0 Å². The molecular weight excluding hydrogens is 328 g/mol. The molecule has 3 aromatic rings. The Morgan fingerprint density at radius 3 is 2.52 bits per heavy atom. The van der Waals surface area contributed by atoms with Crippen LogP contribution in [0.5, 0.6) is 0 Å². The van der Waals surface area contributed by atoms with E-state index in [0.29, 0.717) is 54.4 Å². The largest absolute Gasteiger partial charge is 0.378 e. The highest BCUT2D eigenvalue weighted by Gasteiger charge is 2.18. The minimum Gasteiger partial charge on any atom is -0.378 e. The lowest BCUT2D eigenvalue weighted by molar-refractivity contribution is 0.122. The monoisotopic (exact) mass is 343 g/mol. The van der Waals surface area contributed by atoms with Crippen molar-refractivity contribution in [2.24, 2.45) is 0 Å². The number of aromatic nitrogens is 3. The Balaban J connectivity index is 1.85. The molecule has 0 unspecified atom stereocenters. The molecule has 1 fully saturated rings. The predicted molar refractivity (Wildman–Crippen MR) is 90.1 cm³/mol. The molecule has 0 bridgehead atoms. The summed E-state index contributed by atoms with van der Waals surface area (Å²) in [7, 11) is 0. The van der Waals surface area contributed by atoms with E-state index in [9.17, 15) is 8.78 Å². The molecule has 0 amide bonds. The van der Waals surface area contributed by atoms with Gasteiger partial charge in [-0.1, -0.05) is 0 Å².